The summed E-state index contributed by atoms with van der Waals surface area (Å²) in [6, 6.07) is -1.23. The fourth-order valence-electron chi connectivity index (χ4n) is 3.67. The van der Waals surface area contributed by atoms with Crippen molar-refractivity contribution in [3.05, 3.63) is 0 Å². The molecule has 8 nitrogen and oxygen atoms in total. The van der Waals surface area contributed by atoms with E-state index in [2.05, 4.69) is 5.32 Å². The van der Waals surface area contributed by atoms with Crippen LogP contribution in [0.4, 0.5) is 4.79 Å². The normalized spacial score (nSPS) is 29.4. The number of carbonyl (C=O) groups is 2. The molecule has 0 aliphatic carbocycles. The second-order valence-corrected chi connectivity index (χ2v) is 9.58. The molecular formula is C19H34N2O6. The van der Waals surface area contributed by atoms with Gasteiger partial charge in [-0.25, -0.2) is 4.79 Å². The molecule has 0 bridgehead atoms. The van der Waals surface area contributed by atoms with E-state index < -0.39 is 29.9 Å². The van der Waals surface area contributed by atoms with Gasteiger partial charge in [-0.1, -0.05) is 20.8 Å². The average molecular weight is 386 g/mol. The number of rotatable bonds is 4. The highest BCUT2D eigenvalue weighted by atomic mass is 16.6. The van der Waals surface area contributed by atoms with Gasteiger partial charge < -0.3 is 29.5 Å². The van der Waals surface area contributed by atoms with Crippen molar-refractivity contribution in [1.82, 2.24) is 10.2 Å². The number of alkyl carbamates (subject to hydrolysis) is 1. The average Bonchev–Trinajstić information content (AvgIpc) is 3.03. The zero-order valence-electron chi connectivity index (χ0n) is 17.4. The van der Waals surface area contributed by atoms with Crippen LogP contribution in [0.15, 0.2) is 0 Å². The van der Waals surface area contributed by atoms with Crippen molar-refractivity contribution in [3.8, 4) is 0 Å². The van der Waals surface area contributed by atoms with Gasteiger partial charge in [0.25, 0.3) is 0 Å². The van der Waals surface area contributed by atoms with Crippen LogP contribution in [-0.4, -0.2) is 78.3 Å². The zero-order chi connectivity index (χ0) is 20.6. The molecule has 0 saturated carbocycles. The number of aliphatic hydroxyl groups excluding tert-OH is 1. The Morgan fingerprint density at radius 1 is 1.26 bits per heavy atom. The first-order chi connectivity index (χ1) is 12.3. The van der Waals surface area contributed by atoms with Crippen molar-refractivity contribution >= 4 is 12.0 Å². The second-order valence-electron chi connectivity index (χ2n) is 9.58. The number of likely N-dealkylation sites (tertiary alicyclic amines) is 1. The Bertz CT molecular complexity index is 553. The SMILES string of the molecule is CO[C@@H]1CN(C(=O)[C@H](CC(C)(C)C)NC(=O)OC(C)(C)C)[C@H]2[C@@H]1OC[C@@H]2O. The largest absolute Gasteiger partial charge is 0.444 e. The molecule has 2 rings (SSSR count). The molecule has 2 N–H and O–H groups in total. The maximum Gasteiger partial charge on any atom is 0.408 e. The number of hydrogen-bond donors (Lipinski definition) is 2. The van der Waals surface area contributed by atoms with Gasteiger partial charge in [-0.2, -0.15) is 0 Å². The van der Waals surface area contributed by atoms with Crippen LogP contribution in [0.3, 0.4) is 0 Å². The van der Waals surface area contributed by atoms with Crippen molar-refractivity contribution in [2.24, 2.45) is 5.41 Å². The molecule has 2 fully saturated rings. The number of aliphatic hydroxyl groups is 1. The van der Waals surface area contributed by atoms with Crippen molar-refractivity contribution in [2.45, 2.75) is 84.0 Å². The lowest BCUT2D eigenvalue weighted by Crippen LogP contribution is -2.54. The summed E-state index contributed by atoms with van der Waals surface area (Å²) in [5.74, 6) is -0.255. The molecule has 0 unspecified atom stereocenters. The van der Waals surface area contributed by atoms with Gasteiger partial charge in [0.05, 0.1) is 19.2 Å². The molecule has 2 amide bonds. The lowest BCUT2D eigenvalue weighted by Gasteiger charge is -2.33. The molecule has 2 aliphatic rings. The van der Waals surface area contributed by atoms with E-state index in [1.807, 2.05) is 20.8 Å². The minimum absolute atomic E-state index is 0.169. The lowest BCUT2D eigenvalue weighted by molar-refractivity contribution is -0.137. The first-order valence-corrected chi connectivity index (χ1v) is 9.45. The highest BCUT2D eigenvalue weighted by molar-refractivity contribution is 5.86. The molecule has 0 spiro atoms. The Hall–Kier alpha value is -1.38. The molecule has 0 aromatic rings. The molecule has 0 radical (unpaired) electrons. The predicted molar refractivity (Wildman–Crippen MR) is 99.3 cm³/mol. The van der Waals surface area contributed by atoms with Gasteiger partial charge in [0.1, 0.15) is 30.0 Å². The van der Waals surface area contributed by atoms with Gasteiger partial charge in [0.2, 0.25) is 5.91 Å². The van der Waals surface area contributed by atoms with Crippen molar-refractivity contribution in [3.63, 3.8) is 0 Å². The molecule has 5 atom stereocenters. The van der Waals surface area contributed by atoms with Crippen LogP contribution in [-0.2, 0) is 19.0 Å². The molecule has 2 saturated heterocycles. The maximum absolute atomic E-state index is 13.3. The Kier molecular flexibility index (Phi) is 6.44. The summed E-state index contributed by atoms with van der Waals surface area (Å²) < 4.78 is 16.4. The fourth-order valence-corrected chi connectivity index (χ4v) is 3.67. The highest BCUT2D eigenvalue weighted by Crippen LogP contribution is 2.33. The first kappa shape index (κ1) is 21.9. The van der Waals surface area contributed by atoms with Gasteiger partial charge in [0.15, 0.2) is 0 Å². The summed E-state index contributed by atoms with van der Waals surface area (Å²) in [5, 5.41) is 13.0. The molecule has 2 heterocycles. The van der Waals surface area contributed by atoms with Crippen LogP contribution in [0.1, 0.15) is 48.0 Å². The third-order valence-corrected chi connectivity index (χ3v) is 4.68. The molecule has 156 valence electrons. The van der Waals surface area contributed by atoms with Crippen LogP contribution in [0.25, 0.3) is 0 Å². The van der Waals surface area contributed by atoms with E-state index in [4.69, 9.17) is 14.2 Å². The predicted octanol–water partition coefficient (Wildman–Crippen LogP) is 1.30. The third-order valence-electron chi connectivity index (χ3n) is 4.68. The van der Waals surface area contributed by atoms with Crippen LogP contribution in [0.5, 0.6) is 0 Å². The summed E-state index contributed by atoms with van der Waals surface area (Å²) in [4.78, 5) is 27.2. The number of hydrogen-bond acceptors (Lipinski definition) is 6. The van der Waals surface area contributed by atoms with E-state index in [-0.39, 0.29) is 30.1 Å². The minimum Gasteiger partial charge on any atom is -0.444 e. The Morgan fingerprint density at radius 3 is 2.41 bits per heavy atom. The monoisotopic (exact) mass is 386 g/mol. The summed E-state index contributed by atoms with van der Waals surface area (Å²) in [6.45, 7) is 11.8. The minimum atomic E-state index is -0.768. The van der Waals surface area contributed by atoms with Crippen LogP contribution < -0.4 is 5.32 Å². The number of fused-ring (bicyclic) bond motifs is 1. The van der Waals surface area contributed by atoms with Gasteiger partial charge >= 0.3 is 6.09 Å². The lowest BCUT2D eigenvalue weighted by atomic mass is 9.87. The van der Waals surface area contributed by atoms with E-state index in [1.165, 1.54) is 0 Å². The van der Waals surface area contributed by atoms with Crippen LogP contribution in [0.2, 0.25) is 0 Å². The highest BCUT2D eigenvalue weighted by Gasteiger charge is 2.53. The van der Waals surface area contributed by atoms with Crippen molar-refractivity contribution < 1.29 is 28.9 Å². The summed E-state index contributed by atoms with van der Waals surface area (Å²) in [5.41, 5.74) is -0.852. The van der Waals surface area contributed by atoms with E-state index >= 15 is 0 Å². The van der Waals surface area contributed by atoms with Gasteiger partial charge in [-0.15, -0.1) is 0 Å². The van der Waals surface area contributed by atoms with Crippen LogP contribution >= 0.6 is 0 Å². The van der Waals surface area contributed by atoms with E-state index in [0.29, 0.717) is 13.0 Å². The molecule has 0 aromatic carbocycles. The number of methoxy groups -OCH3 is 1. The number of nitrogens with zero attached hydrogens (tertiary/aromatic N) is 1. The Balaban J connectivity index is 2.18. The third kappa shape index (κ3) is 5.56. The summed E-state index contributed by atoms with van der Waals surface area (Å²) in [6.07, 6.45) is -1.62. The molecule has 27 heavy (non-hydrogen) atoms. The summed E-state index contributed by atoms with van der Waals surface area (Å²) in [7, 11) is 1.56. The number of nitrogens with one attached hydrogen (secondary N) is 1. The summed E-state index contributed by atoms with van der Waals surface area (Å²) >= 11 is 0. The van der Waals surface area contributed by atoms with Gasteiger partial charge in [0, 0.05) is 7.11 Å². The number of ether oxygens (including phenoxy) is 3. The molecule has 0 aromatic heterocycles. The van der Waals surface area contributed by atoms with Gasteiger partial charge in [-0.3, -0.25) is 4.79 Å². The standard InChI is InChI=1S/C19H34N2O6/c1-18(2,3)8-11(20-17(24)27-19(4,5)6)16(23)21-9-13(25-7)15-14(21)12(22)10-26-15/h11-15,22H,8-10H2,1-7H3,(H,20,24)/t11-,12-,13+,14+,15+/m0/s1. The Labute approximate surface area is 161 Å². The second kappa shape index (κ2) is 7.93. The van der Waals surface area contributed by atoms with Gasteiger partial charge in [-0.05, 0) is 32.6 Å². The molecule has 2 aliphatic heterocycles. The maximum atomic E-state index is 13.3. The quantitative estimate of drug-likeness (QED) is 0.756. The first-order valence-electron chi connectivity index (χ1n) is 9.45. The van der Waals surface area contributed by atoms with Crippen molar-refractivity contribution in [2.75, 3.05) is 20.3 Å². The fraction of sp³-hybridized carbons (Fsp3) is 0.895. The van der Waals surface area contributed by atoms with Crippen molar-refractivity contribution in [1.29, 1.82) is 0 Å². The Morgan fingerprint density at radius 2 is 1.89 bits per heavy atom. The molecule has 8 heteroatoms. The smallest absolute Gasteiger partial charge is 0.408 e. The van der Waals surface area contributed by atoms with Crippen LogP contribution in [0, 0.1) is 5.41 Å². The van der Waals surface area contributed by atoms with E-state index in [9.17, 15) is 14.7 Å². The molecular weight excluding hydrogens is 352 g/mol. The number of amides is 2. The van der Waals surface area contributed by atoms with E-state index in [0.717, 1.165) is 0 Å². The van der Waals surface area contributed by atoms with E-state index in [1.54, 1.807) is 32.8 Å². The number of carbonyl (C=O) groups excluding carboxylic acids is 2. The zero-order valence-corrected chi connectivity index (χ0v) is 17.4. The topological polar surface area (TPSA) is 97.3 Å².